The van der Waals surface area contributed by atoms with Crippen LogP contribution in [0.25, 0.3) is 11.3 Å². The van der Waals surface area contributed by atoms with Crippen LogP contribution in [0.3, 0.4) is 0 Å². The fourth-order valence-corrected chi connectivity index (χ4v) is 2.57. The van der Waals surface area contributed by atoms with E-state index in [1.807, 2.05) is 31.4 Å². The molecule has 0 amide bonds. The number of aliphatic imine (C=N–C) groups is 1. The Morgan fingerprint density at radius 1 is 1.23 bits per heavy atom. The maximum absolute atomic E-state index is 4.70. The van der Waals surface area contributed by atoms with E-state index < -0.39 is 0 Å². The van der Waals surface area contributed by atoms with Gasteiger partial charge in [-0.3, -0.25) is 4.99 Å². The van der Waals surface area contributed by atoms with Crippen LogP contribution in [0.1, 0.15) is 33.5 Å². The third-order valence-electron chi connectivity index (χ3n) is 3.83. The van der Waals surface area contributed by atoms with Gasteiger partial charge >= 0.3 is 0 Å². The Bertz CT molecular complexity index is 684. The van der Waals surface area contributed by atoms with Gasteiger partial charge in [0, 0.05) is 25.7 Å². The maximum Gasteiger partial charge on any atom is 0.194 e. The molecule has 2 rings (SSSR count). The Kier molecular flexibility index (Phi) is 7.21. The van der Waals surface area contributed by atoms with Crippen LogP contribution in [-0.4, -0.2) is 53.0 Å². The molecule has 1 heterocycles. The summed E-state index contributed by atoms with van der Waals surface area (Å²) in [7, 11) is 2.03. The van der Waals surface area contributed by atoms with E-state index >= 15 is 0 Å². The molecule has 0 fully saturated rings. The largest absolute Gasteiger partial charge is 0.357 e. The van der Waals surface area contributed by atoms with Gasteiger partial charge in [0.1, 0.15) is 5.82 Å². The van der Waals surface area contributed by atoms with Gasteiger partial charge in [-0.15, -0.1) is 0 Å². The molecule has 0 bridgehead atoms. The van der Waals surface area contributed by atoms with E-state index in [9.17, 15) is 0 Å². The van der Waals surface area contributed by atoms with Gasteiger partial charge in [0.15, 0.2) is 5.96 Å². The van der Waals surface area contributed by atoms with Gasteiger partial charge in [-0.05, 0) is 33.3 Å². The molecule has 0 saturated heterocycles. The topological polar surface area (TPSA) is 68.3 Å². The summed E-state index contributed by atoms with van der Waals surface area (Å²) in [5.41, 5.74) is 2.29. The van der Waals surface area contributed by atoms with Crippen molar-refractivity contribution in [3.05, 3.63) is 42.4 Å². The summed E-state index contributed by atoms with van der Waals surface area (Å²) >= 11 is 0. The second kappa shape index (κ2) is 9.38. The molecule has 0 atom stereocenters. The first-order chi connectivity index (χ1) is 12.4. The van der Waals surface area contributed by atoms with E-state index in [-0.39, 0.29) is 5.54 Å². The van der Waals surface area contributed by atoms with Gasteiger partial charge in [0.05, 0.1) is 25.0 Å². The highest BCUT2D eigenvalue weighted by Gasteiger charge is 2.11. The van der Waals surface area contributed by atoms with E-state index in [0.717, 1.165) is 42.7 Å². The highest BCUT2D eigenvalue weighted by atomic mass is 15.3. The van der Waals surface area contributed by atoms with Gasteiger partial charge in [0.25, 0.3) is 0 Å². The van der Waals surface area contributed by atoms with Gasteiger partial charge in [0.2, 0.25) is 0 Å². The number of hydrogen-bond acceptors (Lipinski definition) is 3. The van der Waals surface area contributed by atoms with E-state index in [2.05, 4.69) is 65.3 Å². The fraction of sp³-hybridized carbons (Fsp3) is 0.500. The van der Waals surface area contributed by atoms with E-state index in [4.69, 9.17) is 4.99 Å². The molecule has 3 N–H and O–H groups in total. The van der Waals surface area contributed by atoms with Crippen LogP contribution < -0.4 is 10.6 Å². The summed E-state index contributed by atoms with van der Waals surface area (Å²) in [6.45, 7) is 11.7. The van der Waals surface area contributed by atoms with Crippen LogP contribution in [0.5, 0.6) is 0 Å². The maximum atomic E-state index is 4.70. The van der Waals surface area contributed by atoms with Crippen molar-refractivity contribution in [2.24, 2.45) is 4.99 Å². The standard InChI is InChI=1S/C20H32N6/c1-6-21-19(22-12-13-24-20(2,3)4)26(5)15-18-23-14-17(25-18)16-10-8-7-9-11-16/h7-11,14,24H,6,12-13,15H2,1-5H3,(H,21,22)(H,23,25). The lowest BCUT2D eigenvalue weighted by Crippen LogP contribution is -2.40. The Balaban J connectivity index is 1.96. The van der Waals surface area contributed by atoms with E-state index in [1.165, 1.54) is 0 Å². The van der Waals surface area contributed by atoms with Gasteiger partial charge < -0.3 is 20.5 Å². The highest BCUT2D eigenvalue weighted by molar-refractivity contribution is 5.79. The van der Waals surface area contributed by atoms with Crippen LogP contribution in [0.4, 0.5) is 0 Å². The number of aromatic nitrogens is 2. The zero-order chi connectivity index (χ0) is 19.0. The summed E-state index contributed by atoms with van der Waals surface area (Å²) in [4.78, 5) is 14.7. The second-order valence-electron chi connectivity index (χ2n) is 7.38. The molecule has 0 aliphatic carbocycles. The predicted octanol–water partition coefficient (Wildman–Crippen LogP) is 2.86. The minimum atomic E-state index is 0.113. The van der Waals surface area contributed by atoms with Crippen molar-refractivity contribution in [3.8, 4) is 11.3 Å². The smallest absolute Gasteiger partial charge is 0.194 e. The number of nitrogens with zero attached hydrogens (tertiary/aromatic N) is 3. The molecule has 0 aliphatic rings. The summed E-state index contributed by atoms with van der Waals surface area (Å²) < 4.78 is 0. The lowest BCUT2D eigenvalue weighted by Gasteiger charge is -2.22. The van der Waals surface area contributed by atoms with E-state index in [0.29, 0.717) is 6.54 Å². The quantitative estimate of drug-likeness (QED) is 0.405. The molecule has 0 aliphatic heterocycles. The van der Waals surface area contributed by atoms with Crippen LogP contribution in [0, 0.1) is 0 Å². The van der Waals surface area contributed by atoms with Crippen molar-refractivity contribution in [3.63, 3.8) is 0 Å². The van der Waals surface area contributed by atoms with Gasteiger partial charge in [-0.2, -0.15) is 0 Å². The minimum Gasteiger partial charge on any atom is -0.357 e. The third kappa shape index (κ3) is 6.52. The van der Waals surface area contributed by atoms with Gasteiger partial charge in [-0.25, -0.2) is 4.98 Å². The average molecular weight is 357 g/mol. The highest BCUT2D eigenvalue weighted by Crippen LogP contribution is 2.16. The lowest BCUT2D eigenvalue weighted by atomic mass is 10.1. The van der Waals surface area contributed by atoms with Crippen LogP contribution >= 0.6 is 0 Å². The monoisotopic (exact) mass is 356 g/mol. The number of aromatic amines is 1. The van der Waals surface area contributed by atoms with Crippen LogP contribution in [0.2, 0.25) is 0 Å². The fourth-order valence-electron chi connectivity index (χ4n) is 2.57. The first-order valence-corrected chi connectivity index (χ1v) is 9.23. The van der Waals surface area contributed by atoms with E-state index in [1.54, 1.807) is 0 Å². The number of imidazole rings is 1. The van der Waals surface area contributed by atoms with Crippen LogP contribution in [0.15, 0.2) is 41.5 Å². The molecule has 0 spiro atoms. The Morgan fingerprint density at radius 2 is 1.96 bits per heavy atom. The van der Waals surface area contributed by atoms with Crippen LogP contribution in [-0.2, 0) is 6.54 Å². The third-order valence-corrected chi connectivity index (χ3v) is 3.83. The summed E-state index contributed by atoms with van der Waals surface area (Å²) in [5.74, 6) is 1.81. The number of guanidine groups is 1. The predicted molar refractivity (Wildman–Crippen MR) is 109 cm³/mol. The molecule has 1 aromatic heterocycles. The minimum absolute atomic E-state index is 0.113. The molecule has 1 aromatic carbocycles. The van der Waals surface area contributed by atoms with Crippen molar-refractivity contribution < 1.29 is 0 Å². The summed E-state index contributed by atoms with van der Waals surface area (Å²) in [6, 6.07) is 10.2. The number of benzene rings is 1. The molecule has 26 heavy (non-hydrogen) atoms. The number of rotatable bonds is 7. The Morgan fingerprint density at radius 3 is 2.62 bits per heavy atom. The molecule has 0 unspecified atom stereocenters. The second-order valence-corrected chi connectivity index (χ2v) is 7.38. The molecule has 2 aromatic rings. The summed E-state index contributed by atoms with van der Waals surface area (Å²) in [6.07, 6.45) is 1.88. The van der Waals surface area contributed by atoms with Crippen molar-refractivity contribution in [1.29, 1.82) is 0 Å². The lowest BCUT2D eigenvalue weighted by molar-refractivity contribution is 0.429. The van der Waals surface area contributed by atoms with Crippen molar-refractivity contribution in [2.45, 2.75) is 39.8 Å². The number of nitrogens with one attached hydrogen (secondary N) is 3. The zero-order valence-electron chi connectivity index (χ0n) is 16.6. The van der Waals surface area contributed by atoms with Gasteiger partial charge in [-0.1, -0.05) is 30.3 Å². The van der Waals surface area contributed by atoms with Crippen molar-refractivity contribution in [1.82, 2.24) is 25.5 Å². The van der Waals surface area contributed by atoms with Crippen molar-refractivity contribution >= 4 is 5.96 Å². The normalized spacial score (nSPS) is 12.3. The molecule has 0 radical (unpaired) electrons. The Hall–Kier alpha value is -2.34. The first-order valence-electron chi connectivity index (χ1n) is 9.23. The molecule has 6 heteroatoms. The Labute approximate surface area is 157 Å². The molecule has 142 valence electrons. The number of H-pyrrole nitrogens is 1. The molecule has 6 nitrogen and oxygen atoms in total. The number of hydrogen-bond donors (Lipinski definition) is 3. The summed E-state index contributed by atoms with van der Waals surface area (Å²) in [5, 5.41) is 6.80. The zero-order valence-corrected chi connectivity index (χ0v) is 16.6. The SMILES string of the molecule is CCNC(=NCCNC(C)(C)C)N(C)Cc1ncc(-c2ccccc2)[nH]1. The average Bonchev–Trinajstić information content (AvgIpc) is 3.06. The molecular weight excluding hydrogens is 324 g/mol. The molecule has 0 saturated carbocycles. The van der Waals surface area contributed by atoms with Crippen molar-refractivity contribution in [2.75, 3.05) is 26.7 Å². The molecular formula is C20H32N6. The first kappa shape index (κ1) is 20.0.